The molecule has 0 saturated carbocycles. The van der Waals surface area contributed by atoms with Crippen LogP contribution in [0.1, 0.15) is 19.3 Å². The molecular weight excluding hydrogens is 258 g/mol. The molecule has 0 aromatic rings. The van der Waals surface area contributed by atoms with Crippen LogP contribution in [-0.2, 0) is 14.3 Å². The molecule has 0 bridgehead atoms. The lowest BCUT2D eigenvalue weighted by atomic mass is 9.82. The summed E-state index contributed by atoms with van der Waals surface area (Å²) in [5.41, 5.74) is 1.20. The normalized spacial score (nSPS) is 26.2. The highest BCUT2D eigenvalue weighted by Crippen LogP contribution is 2.28. The second-order valence-corrected chi connectivity index (χ2v) is 5.32. The Balaban J connectivity index is 2.01. The van der Waals surface area contributed by atoms with Crippen LogP contribution in [0.15, 0.2) is 23.8 Å². The zero-order chi connectivity index (χ0) is 14.5. The highest BCUT2D eigenvalue weighted by molar-refractivity contribution is 5.85. The van der Waals surface area contributed by atoms with Gasteiger partial charge in [-0.1, -0.05) is 18.2 Å². The van der Waals surface area contributed by atoms with Gasteiger partial charge < -0.3 is 14.7 Å². The molecular formula is C15H21NO4. The van der Waals surface area contributed by atoms with Crippen molar-refractivity contribution in [2.75, 3.05) is 26.8 Å². The summed E-state index contributed by atoms with van der Waals surface area (Å²) in [7, 11) is 1.66. The van der Waals surface area contributed by atoms with Crippen molar-refractivity contribution in [1.29, 1.82) is 0 Å². The van der Waals surface area contributed by atoms with E-state index in [-0.39, 0.29) is 5.91 Å². The van der Waals surface area contributed by atoms with Gasteiger partial charge >= 0.3 is 5.97 Å². The molecule has 5 nitrogen and oxygen atoms in total. The van der Waals surface area contributed by atoms with E-state index in [0.29, 0.717) is 32.5 Å². The van der Waals surface area contributed by atoms with Gasteiger partial charge in [-0.25, -0.2) is 0 Å². The number of hydrogen-bond acceptors (Lipinski definition) is 3. The number of allylic oxidation sites excluding steroid dienone is 2. The molecule has 1 aliphatic heterocycles. The van der Waals surface area contributed by atoms with Crippen molar-refractivity contribution in [2.24, 2.45) is 11.8 Å². The number of carbonyl (C=O) groups is 2. The van der Waals surface area contributed by atoms with Crippen LogP contribution >= 0.6 is 0 Å². The average Bonchev–Trinajstić information content (AvgIpc) is 2.47. The van der Waals surface area contributed by atoms with E-state index in [2.05, 4.69) is 0 Å². The van der Waals surface area contributed by atoms with Gasteiger partial charge in [-0.2, -0.15) is 0 Å². The summed E-state index contributed by atoms with van der Waals surface area (Å²) < 4.78 is 5.08. The maximum atomic E-state index is 12.5. The molecule has 2 atom stereocenters. The molecule has 1 heterocycles. The van der Waals surface area contributed by atoms with Crippen LogP contribution < -0.4 is 0 Å². The number of aliphatic carboxylic acids is 1. The lowest BCUT2D eigenvalue weighted by molar-refractivity contribution is -0.150. The highest BCUT2D eigenvalue weighted by Gasteiger charge is 2.36. The van der Waals surface area contributed by atoms with Gasteiger partial charge in [0, 0.05) is 20.2 Å². The number of carbonyl (C=O) groups excluding carboxylic acids is 1. The fourth-order valence-corrected chi connectivity index (χ4v) is 2.82. The number of amides is 1. The first kappa shape index (κ1) is 14.8. The van der Waals surface area contributed by atoms with Crippen LogP contribution in [0.3, 0.4) is 0 Å². The molecule has 0 unspecified atom stereocenters. The molecule has 20 heavy (non-hydrogen) atoms. The SMILES string of the molecule is COCC1=CCN(C(=O)[C@@H]2CC=CC[C@@H]2C(=O)O)CC1. The summed E-state index contributed by atoms with van der Waals surface area (Å²) in [6.45, 7) is 1.82. The van der Waals surface area contributed by atoms with Crippen LogP contribution in [0.2, 0.25) is 0 Å². The van der Waals surface area contributed by atoms with E-state index in [0.717, 1.165) is 6.42 Å². The Morgan fingerprint density at radius 1 is 1.35 bits per heavy atom. The number of carboxylic acid groups (broad SMARTS) is 1. The van der Waals surface area contributed by atoms with Crippen molar-refractivity contribution >= 4 is 11.9 Å². The molecule has 0 spiro atoms. The van der Waals surface area contributed by atoms with E-state index in [1.165, 1.54) is 5.57 Å². The van der Waals surface area contributed by atoms with Crippen molar-refractivity contribution in [3.63, 3.8) is 0 Å². The quantitative estimate of drug-likeness (QED) is 0.791. The first-order valence-corrected chi connectivity index (χ1v) is 6.97. The van der Waals surface area contributed by atoms with Crippen LogP contribution in [0.5, 0.6) is 0 Å². The Bertz CT molecular complexity index is 441. The molecule has 1 aliphatic carbocycles. The molecule has 0 fully saturated rings. The third-order valence-corrected chi connectivity index (χ3v) is 4.01. The summed E-state index contributed by atoms with van der Waals surface area (Å²) in [5.74, 6) is -1.92. The minimum atomic E-state index is -0.875. The largest absolute Gasteiger partial charge is 0.481 e. The highest BCUT2D eigenvalue weighted by atomic mass is 16.5. The van der Waals surface area contributed by atoms with Crippen molar-refractivity contribution in [1.82, 2.24) is 4.90 Å². The summed E-state index contributed by atoms with van der Waals surface area (Å²) in [6, 6.07) is 0. The maximum Gasteiger partial charge on any atom is 0.307 e. The first-order valence-electron chi connectivity index (χ1n) is 6.97. The third-order valence-electron chi connectivity index (χ3n) is 4.01. The molecule has 0 radical (unpaired) electrons. The molecule has 2 aliphatic rings. The number of nitrogens with zero attached hydrogens (tertiary/aromatic N) is 1. The van der Waals surface area contributed by atoms with Crippen LogP contribution in [0, 0.1) is 11.8 Å². The smallest absolute Gasteiger partial charge is 0.307 e. The Kier molecular flexibility index (Phi) is 4.95. The van der Waals surface area contributed by atoms with Crippen LogP contribution in [-0.4, -0.2) is 48.7 Å². The molecule has 0 aromatic carbocycles. The average molecular weight is 279 g/mol. The molecule has 1 amide bonds. The van der Waals surface area contributed by atoms with Gasteiger partial charge in [0.2, 0.25) is 5.91 Å². The Hall–Kier alpha value is -1.62. The standard InChI is InChI=1S/C15H21NO4/c1-20-10-11-6-8-16(9-7-11)14(17)12-4-2-3-5-13(12)15(18)19/h2-3,6,12-13H,4-5,7-10H2,1H3,(H,18,19)/t12-,13+/m1/s1. The van der Waals surface area contributed by atoms with E-state index in [4.69, 9.17) is 4.74 Å². The van der Waals surface area contributed by atoms with Gasteiger partial charge in [-0.05, 0) is 24.8 Å². The Morgan fingerprint density at radius 2 is 2.05 bits per heavy atom. The van der Waals surface area contributed by atoms with Crippen LogP contribution in [0.25, 0.3) is 0 Å². The number of methoxy groups -OCH3 is 1. The monoisotopic (exact) mass is 279 g/mol. The number of hydrogen-bond donors (Lipinski definition) is 1. The predicted octanol–water partition coefficient (Wildman–Crippen LogP) is 1.46. The zero-order valence-electron chi connectivity index (χ0n) is 11.7. The van der Waals surface area contributed by atoms with Gasteiger partial charge in [0.05, 0.1) is 18.4 Å². The van der Waals surface area contributed by atoms with E-state index >= 15 is 0 Å². The van der Waals surface area contributed by atoms with E-state index in [9.17, 15) is 14.7 Å². The minimum Gasteiger partial charge on any atom is -0.481 e. The zero-order valence-corrected chi connectivity index (χ0v) is 11.7. The van der Waals surface area contributed by atoms with Gasteiger partial charge in [-0.15, -0.1) is 0 Å². The second kappa shape index (κ2) is 6.70. The molecule has 110 valence electrons. The van der Waals surface area contributed by atoms with E-state index < -0.39 is 17.8 Å². The van der Waals surface area contributed by atoms with Crippen molar-refractivity contribution in [3.8, 4) is 0 Å². The number of rotatable bonds is 4. The minimum absolute atomic E-state index is 0.0329. The Labute approximate surface area is 118 Å². The number of ether oxygens (including phenoxy) is 1. The summed E-state index contributed by atoms with van der Waals surface area (Å²) in [5, 5.41) is 9.23. The van der Waals surface area contributed by atoms with Gasteiger partial charge in [0.15, 0.2) is 0 Å². The second-order valence-electron chi connectivity index (χ2n) is 5.32. The van der Waals surface area contributed by atoms with Crippen LogP contribution in [0.4, 0.5) is 0 Å². The lowest BCUT2D eigenvalue weighted by Gasteiger charge is -2.32. The van der Waals surface area contributed by atoms with Gasteiger partial charge in [-0.3, -0.25) is 9.59 Å². The maximum absolute atomic E-state index is 12.5. The first-order chi connectivity index (χ1) is 9.63. The fourth-order valence-electron chi connectivity index (χ4n) is 2.82. The summed E-state index contributed by atoms with van der Waals surface area (Å²) in [4.78, 5) is 25.5. The Morgan fingerprint density at radius 3 is 2.60 bits per heavy atom. The fraction of sp³-hybridized carbons (Fsp3) is 0.600. The summed E-state index contributed by atoms with van der Waals surface area (Å²) in [6.07, 6.45) is 7.57. The molecule has 0 saturated heterocycles. The lowest BCUT2D eigenvalue weighted by Crippen LogP contribution is -2.43. The molecule has 0 aromatic heterocycles. The van der Waals surface area contributed by atoms with E-state index in [1.54, 1.807) is 12.0 Å². The third kappa shape index (κ3) is 3.28. The summed E-state index contributed by atoms with van der Waals surface area (Å²) >= 11 is 0. The molecule has 5 heteroatoms. The molecule has 2 rings (SSSR count). The van der Waals surface area contributed by atoms with Crippen molar-refractivity contribution in [2.45, 2.75) is 19.3 Å². The predicted molar refractivity (Wildman–Crippen MR) is 74.1 cm³/mol. The van der Waals surface area contributed by atoms with Gasteiger partial charge in [0.25, 0.3) is 0 Å². The topological polar surface area (TPSA) is 66.8 Å². The van der Waals surface area contributed by atoms with Crippen molar-refractivity contribution < 1.29 is 19.4 Å². The number of carboxylic acids is 1. The van der Waals surface area contributed by atoms with E-state index in [1.807, 2.05) is 18.2 Å². The van der Waals surface area contributed by atoms with Crippen molar-refractivity contribution in [3.05, 3.63) is 23.8 Å². The van der Waals surface area contributed by atoms with Gasteiger partial charge in [0.1, 0.15) is 0 Å². The molecule has 1 N–H and O–H groups in total.